The maximum Gasteiger partial charge on any atom is 0.255 e. The van der Waals surface area contributed by atoms with Crippen molar-refractivity contribution in [3.8, 4) is 11.4 Å². The third-order valence-corrected chi connectivity index (χ3v) is 6.00. The zero-order valence-corrected chi connectivity index (χ0v) is 17.7. The molecule has 7 nitrogen and oxygen atoms in total. The number of fused-ring (bicyclic) bond motifs is 2. The molecule has 154 valence electrons. The van der Waals surface area contributed by atoms with Crippen LogP contribution in [0.2, 0.25) is 0 Å². The van der Waals surface area contributed by atoms with E-state index in [0.29, 0.717) is 23.9 Å². The quantitative estimate of drug-likeness (QED) is 0.670. The van der Waals surface area contributed by atoms with E-state index in [-0.39, 0.29) is 11.0 Å². The number of aromatic nitrogens is 5. The maximum atomic E-state index is 13.0. The number of nitrogens with zero attached hydrogens (tertiary/aromatic N) is 6. The average Bonchev–Trinajstić information content (AvgIpc) is 3.10. The maximum absolute atomic E-state index is 13.0. The van der Waals surface area contributed by atoms with E-state index in [1.54, 1.807) is 18.3 Å². The fourth-order valence-corrected chi connectivity index (χ4v) is 4.77. The van der Waals surface area contributed by atoms with Crippen LogP contribution in [0.3, 0.4) is 0 Å². The first-order chi connectivity index (χ1) is 14.4. The van der Waals surface area contributed by atoms with Crippen molar-refractivity contribution >= 4 is 5.95 Å². The topological polar surface area (TPSA) is 76.8 Å². The van der Waals surface area contributed by atoms with E-state index in [1.165, 1.54) is 17.6 Å². The van der Waals surface area contributed by atoms with Crippen LogP contribution in [0.5, 0.6) is 0 Å². The van der Waals surface area contributed by atoms with Gasteiger partial charge in [0.1, 0.15) is 6.33 Å². The van der Waals surface area contributed by atoms with Gasteiger partial charge in [-0.2, -0.15) is 0 Å². The molecule has 0 radical (unpaired) electrons. The minimum Gasteiger partial charge on any atom is -0.341 e. The van der Waals surface area contributed by atoms with Gasteiger partial charge in [-0.3, -0.25) is 14.3 Å². The molecule has 0 bridgehead atoms. The summed E-state index contributed by atoms with van der Waals surface area (Å²) < 4.78 is 1.82. The molecule has 1 aliphatic heterocycles. The summed E-state index contributed by atoms with van der Waals surface area (Å²) in [4.78, 5) is 33.1. The minimum atomic E-state index is -0.0293. The Morgan fingerprint density at radius 3 is 2.77 bits per heavy atom. The molecule has 0 amide bonds. The molecule has 5 rings (SSSR count). The van der Waals surface area contributed by atoms with Crippen LogP contribution in [0.4, 0.5) is 5.95 Å². The van der Waals surface area contributed by atoms with Crippen molar-refractivity contribution in [2.45, 2.75) is 40.2 Å². The summed E-state index contributed by atoms with van der Waals surface area (Å²) in [5.74, 6) is 1.21. The summed E-state index contributed by atoms with van der Waals surface area (Å²) in [6.45, 7) is 8.86. The van der Waals surface area contributed by atoms with Gasteiger partial charge in [0, 0.05) is 48.7 Å². The zero-order chi connectivity index (χ0) is 20.9. The van der Waals surface area contributed by atoms with Crippen LogP contribution >= 0.6 is 0 Å². The molecule has 7 heteroatoms. The van der Waals surface area contributed by atoms with Crippen molar-refractivity contribution < 1.29 is 0 Å². The fourth-order valence-electron chi connectivity index (χ4n) is 4.77. The van der Waals surface area contributed by atoms with Gasteiger partial charge in [0.05, 0.1) is 11.4 Å². The Morgan fingerprint density at radius 1 is 1.10 bits per heavy atom. The normalized spacial score (nSPS) is 19.4. The Morgan fingerprint density at radius 2 is 1.97 bits per heavy atom. The van der Waals surface area contributed by atoms with Crippen LogP contribution in [0.1, 0.15) is 30.8 Å². The second-order valence-corrected chi connectivity index (χ2v) is 9.34. The predicted octanol–water partition coefficient (Wildman–Crippen LogP) is 2.66. The minimum absolute atomic E-state index is 0.00473. The lowest BCUT2D eigenvalue weighted by molar-refractivity contribution is 0.268. The van der Waals surface area contributed by atoms with Gasteiger partial charge in [-0.1, -0.05) is 19.9 Å². The van der Waals surface area contributed by atoms with Gasteiger partial charge in [0.15, 0.2) is 0 Å². The van der Waals surface area contributed by atoms with Crippen molar-refractivity contribution in [3.05, 3.63) is 64.1 Å². The third-order valence-electron chi connectivity index (χ3n) is 6.00. The van der Waals surface area contributed by atoms with Crippen LogP contribution in [0.25, 0.3) is 11.4 Å². The summed E-state index contributed by atoms with van der Waals surface area (Å²) in [7, 11) is 0. The fraction of sp³-hybridized carbons (Fsp3) is 0.435. The van der Waals surface area contributed by atoms with Gasteiger partial charge in [-0.15, -0.1) is 0 Å². The first-order valence-corrected chi connectivity index (χ1v) is 10.5. The van der Waals surface area contributed by atoms with Crippen molar-refractivity contribution in [2.75, 3.05) is 18.0 Å². The molecule has 1 atom stereocenters. The molecule has 1 aliphatic carbocycles. The molecule has 1 unspecified atom stereocenters. The smallest absolute Gasteiger partial charge is 0.255 e. The molecular formula is C23H26N6O. The molecule has 0 saturated heterocycles. The van der Waals surface area contributed by atoms with E-state index in [1.807, 2.05) is 11.5 Å². The lowest BCUT2D eigenvalue weighted by Gasteiger charge is -2.41. The van der Waals surface area contributed by atoms with Gasteiger partial charge >= 0.3 is 0 Å². The Kier molecular flexibility index (Phi) is 4.41. The Bertz CT molecular complexity index is 1150. The third kappa shape index (κ3) is 3.49. The van der Waals surface area contributed by atoms with Crippen molar-refractivity contribution in [2.24, 2.45) is 11.3 Å². The lowest BCUT2D eigenvalue weighted by atomic mass is 9.90. The Hall–Kier alpha value is -3.09. The molecule has 0 aromatic carbocycles. The van der Waals surface area contributed by atoms with E-state index in [2.05, 4.69) is 40.8 Å². The molecule has 30 heavy (non-hydrogen) atoms. The zero-order valence-electron chi connectivity index (χ0n) is 17.7. The number of pyridine rings is 1. The molecular weight excluding hydrogens is 376 g/mol. The van der Waals surface area contributed by atoms with Crippen molar-refractivity contribution in [3.63, 3.8) is 0 Å². The lowest BCUT2D eigenvalue weighted by Crippen LogP contribution is -2.49. The van der Waals surface area contributed by atoms with Crippen LogP contribution in [0, 0.1) is 18.3 Å². The van der Waals surface area contributed by atoms with Crippen LogP contribution in [-0.2, 0) is 19.4 Å². The highest BCUT2D eigenvalue weighted by molar-refractivity contribution is 5.55. The second-order valence-electron chi connectivity index (χ2n) is 9.34. The summed E-state index contributed by atoms with van der Waals surface area (Å²) in [6, 6.07) is 7.68. The largest absolute Gasteiger partial charge is 0.341 e. The average molecular weight is 403 g/mol. The number of hydrogen-bond donors (Lipinski definition) is 0. The van der Waals surface area contributed by atoms with Gasteiger partial charge in [-0.25, -0.2) is 15.0 Å². The summed E-state index contributed by atoms with van der Waals surface area (Å²) in [6.07, 6.45) is 5.16. The van der Waals surface area contributed by atoms with Gasteiger partial charge < -0.3 is 4.90 Å². The van der Waals surface area contributed by atoms with Crippen LogP contribution < -0.4 is 10.5 Å². The van der Waals surface area contributed by atoms with Crippen LogP contribution in [0.15, 0.2) is 41.6 Å². The monoisotopic (exact) mass is 402 g/mol. The molecule has 0 N–H and O–H groups in total. The van der Waals surface area contributed by atoms with Gasteiger partial charge in [0.2, 0.25) is 5.95 Å². The van der Waals surface area contributed by atoms with E-state index in [0.717, 1.165) is 37.6 Å². The summed E-state index contributed by atoms with van der Waals surface area (Å²) in [5.41, 5.74) is 4.88. The highest BCUT2D eigenvalue weighted by Gasteiger charge is 2.35. The summed E-state index contributed by atoms with van der Waals surface area (Å²) in [5, 5.41) is 0. The molecule has 2 aliphatic rings. The number of anilines is 1. The van der Waals surface area contributed by atoms with Crippen LogP contribution in [-0.4, -0.2) is 37.6 Å². The standard InChI is InChI=1S/C23H26N6O/c1-15-4-5-17-8-16(9-19(17)26-15)11-28-12-23(2,3)13-29-21(30)10-20(27-22(28)29)18-6-7-24-14-25-18/h4-7,10,14,16H,8-9,11-13H2,1-3H3. The second kappa shape index (κ2) is 7.00. The van der Waals surface area contributed by atoms with E-state index >= 15 is 0 Å². The highest BCUT2D eigenvalue weighted by atomic mass is 16.1. The molecule has 0 spiro atoms. The van der Waals surface area contributed by atoms with E-state index < -0.39 is 0 Å². The summed E-state index contributed by atoms with van der Waals surface area (Å²) >= 11 is 0. The van der Waals surface area contributed by atoms with Crippen molar-refractivity contribution in [1.82, 2.24) is 24.5 Å². The molecule has 0 saturated carbocycles. The predicted molar refractivity (Wildman–Crippen MR) is 115 cm³/mol. The molecule has 3 aromatic rings. The number of hydrogen-bond acceptors (Lipinski definition) is 6. The van der Waals surface area contributed by atoms with E-state index in [4.69, 9.17) is 9.97 Å². The first kappa shape index (κ1) is 18.9. The Labute approximate surface area is 175 Å². The van der Waals surface area contributed by atoms with Gasteiger partial charge in [0.25, 0.3) is 5.56 Å². The Balaban J connectivity index is 1.49. The first-order valence-electron chi connectivity index (χ1n) is 10.5. The number of rotatable bonds is 3. The number of aryl methyl sites for hydroxylation is 1. The van der Waals surface area contributed by atoms with Crippen molar-refractivity contribution in [1.29, 1.82) is 0 Å². The molecule has 0 fully saturated rings. The molecule has 4 heterocycles. The van der Waals surface area contributed by atoms with E-state index in [9.17, 15) is 4.79 Å². The SMILES string of the molecule is Cc1ccc2c(n1)CC(CN1CC(C)(C)Cn3c1nc(-c1ccncn1)cc3=O)C2. The highest BCUT2D eigenvalue weighted by Crippen LogP contribution is 2.33. The molecule has 3 aromatic heterocycles. The van der Waals surface area contributed by atoms with Gasteiger partial charge in [-0.05, 0) is 43.4 Å².